The van der Waals surface area contributed by atoms with Gasteiger partial charge in [0.15, 0.2) is 5.65 Å². The minimum atomic E-state index is -0.170. The van der Waals surface area contributed by atoms with Crippen molar-refractivity contribution in [3.63, 3.8) is 0 Å². The predicted octanol–water partition coefficient (Wildman–Crippen LogP) is 3.43. The number of amides is 1. The summed E-state index contributed by atoms with van der Waals surface area (Å²) in [5.74, 6) is 0.556. The van der Waals surface area contributed by atoms with Gasteiger partial charge in [-0.15, -0.1) is 0 Å². The first-order valence-corrected chi connectivity index (χ1v) is 9.88. The number of carbonyl (C=O) groups excluding carboxylic acids is 1. The summed E-state index contributed by atoms with van der Waals surface area (Å²) in [5.41, 5.74) is 3.46. The highest BCUT2D eigenvalue weighted by molar-refractivity contribution is 5.96. The number of aromatic nitrogens is 3. The van der Waals surface area contributed by atoms with Crippen molar-refractivity contribution in [3.05, 3.63) is 35.8 Å². The van der Waals surface area contributed by atoms with E-state index in [4.69, 9.17) is 4.74 Å². The van der Waals surface area contributed by atoms with Gasteiger partial charge in [-0.25, -0.2) is 9.97 Å². The van der Waals surface area contributed by atoms with Gasteiger partial charge in [0.1, 0.15) is 5.52 Å². The van der Waals surface area contributed by atoms with E-state index >= 15 is 0 Å². The summed E-state index contributed by atoms with van der Waals surface area (Å²) in [6.07, 6.45) is 8.50. The molecule has 6 nitrogen and oxygen atoms in total. The Morgan fingerprint density at radius 2 is 2.07 bits per heavy atom. The van der Waals surface area contributed by atoms with Crippen LogP contribution in [0.15, 0.2) is 30.2 Å². The minimum absolute atomic E-state index is 0.0363. The smallest absolute Gasteiger partial charge is 0.255 e. The van der Waals surface area contributed by atoms with Crippen LogP contribution in [0.5, 0.6) is 0 Å². The van der Waals surface area contributed by atoms with Crippen molar-refractivity contribution in [2.45, 2.75) is 52.2 Å². The maximum Gasteiger partial charge on any atom is 0.255 e. The molecule has 2 aromatic heterocycles. The largest absolute Gasteiger partial charge is 0.370 e. The van der Waals surface area contributed by atoms with Crippen molar-refractivity contribution in [3.8, 4) is 0 Å². The lowest BCUT2D eigenvalue weighted by molar-refractivity contribution is -0.0522. The lowest BCUT2D eigenvalue weighted by atomic mass is 9.87. The molecular weight excluding hydrogens is 340 g/mol. The summed E-state index contributed by atoms with van der Waals surface area (Å²) in [7, 11) is 0. The van der Waals surface area contributed by atoms with Crippen molar-refractivity contribution in [2.75, 3.05) is 19.7 Å². The summed E-state index contributed by atoms with van der Waals surface area (Å²) >= 11 is 0. The van der Waals surface area contributed by atoms with E-state index in [9.17, 15) is 4.79 Å². The normalized spacial score (nSPS) is 19.7. The summed E-state index contributed by atoms with van der Waals surface area (Å²) in [6.45, 7) is 9.58. The number of likely N-dealkylation sites (tertiary alicyclic amines) is 1. The molecule has 27 heavy (non-hydrogen) atoms. The first-order chi connectivity index (χ1) is 13.0. The zero-order valence-corrected chi connectivity index (χ0v) is 16.4. The molecule has 2 aliphatic heterocycles. The second-order valence-corrected chi connectivity index (χ2v) is 8.30. The first-order valence-electron chi connectivity index (χ1n) is 9.88. The zero-order chi connectivity index (χ0) is 19.0. The molecule has 1 spiro atoms. The number of piperidine rings is 1. The molecule has 0 aromatic carbocycles. The fourth-order valence-electron chi connectivity index (χ4n) is 4.13. The number of carbonyl (C=O) groups is 1. The molecule has 0 saturated carbocycles. The Kier molecular flexibility index (Phi) is 4.76. The van der Waals surface area contributed by atoms with Crippen molar-refractivity contribution in [2.24, 2.45) is 5.92 Å². The highest BCUT2D eigenvalue weighted by Crippen LogP contribution is 2.33. The highest BCUT2D eigenvalue weighted by Gasteiger charge is 2.37. The Bertz CT molecular complexity index is 875. The van der Waals surface area contributed by atoms with Crippen molar-refractivity contribution < 1.29 is 9.53 Å². The molecular formula is C21H28N4O2. The third kappa shape index (κ3) is 3.63. The van der Waals surface area contributed by atoms with Gasteiger partial charge in [-0.2, -0.15) is 0 Å². The van der Waals surface area contributed by atoms with Crippen LogP contribution in [-0.4, -0.2) is 50.6 Å². The molecule has 4 rings (SSSR count). The van der Waals surface area contributed by atoms with Gasteiger partial charge in [0.05, 0.1) is 24.1 Å². The van der Waals surface area contributed by atoms with E-state index in [-0.39, 0.29) is 11.5 Å². The number of hydrogen-bond acceptors (Lipinski definition) is 4. The van der Waals surface area contributed by atoms with Crippen LogP contribution in [0.3, 0.4) is 0 Å². The zero-order valence-electron chi connectivity index (χ0n) is 16.4. The van der Waals surface area contributed by atoms with Gasteiger partial charge in [0, 0.05) is 25.8 Å². The van der Waals surface area contributed by atoms with Gasteiger partial charge < -0.3 is 14.2 Å². The third-order valence-electron chi connectivity index (χ3n) is 5.56. The predicted molar refractivity (Wildman–Crippen MR) is 105 cm³/mol. The Hall–Kier alpha value is -2.21. The number of hydrogen-bond donors (Lipinski definition) is 0. The van der Waals surface area contributed by atoms with Crippen molar-refractivity contribution in [1.82, 2.24) is 19.4 Å². The third-order valence-corrected chi connectivity index (χ3v) is 5.56. The maximum absolute atomic E-state index is 13.0. The number of fused-ring (bicyclic) bond motifs is 1. The minimum Gasteiger partial charge on any atom is -0.370 e. The monoisotopic (exact) mass is 368 g/mol. The van der Waals surface area contributed by atoms with Crippen molar-refractivity contribution >= 4 is 17.1 Å². The SMILES string of the molecule is CC1=CC2(CCN(C(=O)c3cnc4c(c3)ncn4CC(C)C)CC2)OCC1. The van der Waals surface area contributed by atoms with Crippen LogP contribution in [-0.2, 0) is 11.3 Å². The van der Waals surface area contributed by atoms with Gasteiger partial charge in [-0.1, -0.05) is 25.5 Å². The van der Waals surface area contributed by atoms with E-state index in [2.05, 4.69) is 36.8 Å². The van der Waals surface area contributed by atoms with E-state index in [0.717, 1.165) is 43.6 Å². The topological polar surface area (TPSA) is 60.2 Å². The number of imidazole rings is 1. The van der Waals surface area contributed by atoms with Crippen LogP contribution in [0.2, 0.25) is 0 Å². The highest BCUT2D eigenvalue weighted by atomic mass is 16.5. The molecule has 1 saturated heterocycles. The Labute approximate surface area is 160 Å². The van der Waals surface area contributed by atoms with E-state index in [0.29, 0.717) is 24.6 Å². The fourth-order valence-corrected chi connectivity index (χ4v) is 4.13. The number of nitrogens with zero attached hydrogens (tertiary/aromatic N) is 4. The van der Waals surface area contributed by atoms with E-state index in [1.54, 1.807) is 6.20 Å². The quantitative estimate of drug-likeness (QED) is 0.779. The van der Waals surface area contributed by atoms with Crippen LogP contribution in [0.4, 0.5) is 0 Å². The van der Waals surface area contributed by atoms with Crippen LogP contribution >= 0.6 is 0 Å². The second kappa shape index (κ2) is 7.08. The van der Waals surface area contributed by atoms with Gasteiger partial charge in [0.25, 0.3) is 5.91 Å². The van der Waals surface area contributed by atoms with Gasteiger partial charge in [-0.3, -0.25) is 4.79 Å². The number of pyridine rings is 1. The van der Waals surface area contributed by atoms with E-state index in [1.807, 2.05) is 21.9 Å². The van der Waals surface area contributed by atoms with Crippen molar-refractivity contribution in [1.29, 1.82) is 0 Å². The Morgan fingerprint density at radius 3 is 2.78 bits per heavy atom. The second-order valence-electron chi connectivity index (χ2n) is 8.30. The van der Waals surface area contributed by atoms with Crippen LogP contribution < -0.4 is 0 Å². The molecule has 0 N–H and O–H groups in total. The van der Waals surface area contributed by atoms with E-state index < -0.39 is 0 Å². The number of ether oxygens (including phenoxy) is 1. The molecule has 0 radical (unpaired) electrons. The average molecular weight is 368 g/mol. The molecule has 4 heterocycles. The molecule has 0 unspecified atom stereocenters. The lowest BCUT2D eigenvalue weighted by Gasteiger charge is -2.42. The molecule has 0 aliphatic carbocycles. The Balaban J connectivity index is 1.48. The summed E-state index contributed by atoms with van der Waals surface area (Å²) in [5, 5.41) is 0. The lowest BCUT2D eigenvalue weighted by Crippen LogP contribution is -2.48. The molecule has 0 atom stereocenters. The summed E-state index contributed by atoms with van der Waals surface area (Å²) < 4.78 is 8.11. The van der Waals surface area contributed by atoms with Gasteiger partial charge in [-0.05, 0) is 38.2 Å². The first kappa shape index (κ1) is 18.2. The van der Waals surface area contributed by atoms with Crippen LogP contribution in [0.25, 0.3) is 11.2 Å². The molecule has 1 amide bonds. The number of rotatable bonds is 3. The molecule has 2 aliphatic rings. The fraction of sp³-hybridized carbons (Fsp3) is 0.571. The molecule has 1 fully saturated rings. The average Bonchev–Trinajstić information content (AvgIpc) is 3.03. The van der Waals surface area contributed by atoms with E-state index in [1.165, 1.54) is 5.57 Å². The molecule has 6 heteroatoms. The van der Waals surface area contributed by atoms with Gasteiger partial charge in [0.2, 0.25) is 0 Å². The standard InChI is InChI=1S/C21H28N4O2/c1-15(2)13-25-14-23-18-10-17(12-22-19(18)25)20(26)24-7-5-21(6-8-24)11-16(3)4-9-27-21/h10-12,14-15H,4-9,13H2,1-3H3. The Morgan fingerprint density at radius 1 is 1.30 bits per heavy atom. The maximum atomic E-state index is 13.0. The summed E-state index contributed by atoms with van der Waals surface area (Å²) in [4.78, 5) is 23.8. The van der Waals surface area contributed by atoms with Crippen LogP contribution in [0, 0.1) is 5.92 Å². The van der Waals surface area contributed by atoms with Gasteiger partial charge >= 0.3 is 0 Å². The molecule has 0 bridgehead atoms. The summed E-state index contributed by atoms with van der Waals surface area (Å²) in [6, 6.07) is 1.87. The molecule has 2 aromatic rings. The molecule has 144 valence electrons. The van der Waals surface area contributed by atoms with Crippen LogP contribution in [0.1, 0.15) is 50.4 Å².